The molecule has 2 N–H and O–H groups in total. The van der Waals surface area contributed by atoms with Crippen LogP contribution < -0.4 is 5.73 Å². The maximum atomic E-state index is 11.7. The summed E-state index contributed by atoms with van der Waals surface area (Å²) >= 11 is 0. The third-order valence-electron chi connectivity index (χ3n) is 1.89. The molecule has 0 aromatic rings. The van der Waals surface area contributed by atoms with Gasteiger partial charge in [-0.25, -0.2) is 0 Å². The van der Waals surface area contributed by atoms with Gasteiger partial charge in [0.25, 0.3) is 0 Å². The van der Waals surface area contributed by atoms with Crippen LogP contribution in [-0.4, -0.2) is 28.9 Å². The molecule has 0 aromatic carbocycles. The molecular formula is C10H25NO3Si2. The van der Waals surface area contributed by atoms with Crippen LogP contribution in [0.4, 0.5) is 0 Å². The quantitative estimate of drug-likeness (QED) is 0.771. The van der Waals surface area contributed by atoms with Crippen LogP contribution in [0.1, 0.15) is 13.8 Å². The van der Waals surface area contributed by atoms with E-state index in [4.69, 9.17) is 14.3 Å². The van der Waals surface area contributed by atoms with Crippen molar-refractivity contribution >= 4 is 22.8 Å². The van der Waals surface area contributed by atoms with Gasteiger partial charge in [0.15, 0.2) is 8.32 Å². The van der Waals surface area contributed by atoms with E-state index in [1.54, 1.807) is 0 Å². The lowest BCUT2D eigenvalue weighted by atomic mass is 10.1. The molecule has 0 unspecified atom stereocenters. The number of hydrogen-bond acceptors (Lipinski definition) is 4. The Balaban J connectivity index is 4.42. The molecular weight excluding hydrogens is 238 g/mol. The summed E-state index contributed by atoms with van der Waals surface area (Å²) in [6, 6.07) is -0.558. The summed E-state index contributed by atoms with van der Waals surface area (Å²) in [4.78, 5) is 11.7. The molecule has 0 heterocycles. The SMILES string of the molecule is CC(C)[C@H](N)C(=O)O[Si](C)(C)O[Si](C)(C)C. The Morgan fingerprint density at radius 3 is 1.88 bits per heavy atom. The molecule has 0 bridgehead atoms. The Labute approximate surface area is 101 Å². The molecule has 0 aliphatic carbocycles. The maximum absolute atomic E-state index is 11.7. The van der Waals surface area contributed by atoms with Crippen molar-refractivity contribution in [2.75, 3.05) is 0 Å². The third-order valence-corrected chi connectivity index (χ3v) is 7.00. The fraction of sp³-hybridized carbons (Fsp3) is 0.900. The fourth-order valence-corrected chi connectivity index (χ4v) is 8.03. The van der Waals surface area contributed by atoms with Crippen LogP contribution in [0.25, 0.3) is 0 Å². The first kappa shape index (κ1) is 15.8. The zero-order valence-electron chi connectivity index (χ0n) is 11.5. The molecule has 6 heteroatoms. The molecule has 0 fully saturated rings. The van der Waals surface area contributed by atoms with Gasteiger partial charge in [-0.2, -0.15) is 0 Å². The standard InChI is InChI=1S/C10H25NO3Si2/c1-8(2)9(11)10(12)13-16(6,7)14-15(3,4)5/h8-9H,11H2,1-7H3/t9-/m0/s1. The van der Waals surface area contributed by atoms with E-state index >= 15 is 0 Å². The molecule has 0 saturated carbocycles. The molecule has 16 heavy (non-hydrogen) atoms. The van der Waals surface area contributed by atoms with Crippen molar-refractivity contribution in [2.24, 2.45) is 11.7 Å². The van der Waals surface area contributed by atoms with E-state index in [1.165, 1.54) is 0 Å². The van der Waals surface area contributed by atoms with E-state index in [2.05, 4.69) is 19.6 Å². The van der Waals surface area contributed by atoms with Gasteiger partial charge in [-0.3, -0.25) is 4.79 Å². The van der Waals surface area contributed by atoms with E-state index in [1.807, 2.05) is 26.9 Å². The predicted molar refractivity (Wildman–Crippen MR) is 70.8 cm³/mol. The van der Waals surface area contributed by atoms with Gasteiger partial charge in [0.05, 0.1) is 0 Å². The summed E-state index contributed by atoms with van der Waals surface area (Å²) in [5.74, 6) is -0.255. The lowest BCUT2D eigenvalue weighted by Gasteiger charge is -2.31. The molecule has 4 nitrogen and oxygen atoms in total. The summed E-state index contributed by atoms with van der Waals surface area (Å²) in [5, 5.41) is 0. The van der Waals surface area contributed by atoms with Crippen LogP contribution in [0.3, 0.4) is 0 Å². The van der Waals surface area contributed by atoms with Crippen LogP contribution in [0.2, 0.25) is 32.7 Å². The molecule has 0 saturated heterocycles. The molecule has 0 rings (SSSR count). The second-order valence-corrected chi connectivity index (χ2v) is 13.9. The van der Waals surface area contributed by atoms with Gasteiger partial charge < -0.3 is 14.3 Å². The number of hydrogen-bond donors (Lipinski definition) is 1. The molecule has 0 radical (unpaired) electrons. The van der Waals surface area contributed by atoms with Gasteiger partial charge in [0, 0.05) is 0 Å². The van der Waals surface area contributed by atoms with Crippen LogP contribution in [0, 0.1) is 5.92 Å². The van der Waals surface area contributed by atoms with Crippen molar-refractivity contribution in [3.63, 3.8) is 0 Å². The Kier molecular flexibility index (Phi) is 5.38. The van der Waals surface area contributed by atoms with Crippen LogP contribution >= 0.6 is 0 Å². The van der Waals surface area contributed by atoms with Crippen molar-refractivity contribution in [2.45, 2.75) is 52.6 Å². The van der Waals surface area contributed by atoms with E-state index in [9.17, 15) is 4.79 Å². The second-order valence-electron chi connectivity index (χ2n) is 5.81. The Morgan fingerprint density at radius 1 is 1.12 bits per heavy atom. The van der Waals surface area contributed by atoms with E-state index in [0.717, 1.165) is 0 Å². The van der Waals surface area contributed by atoms with Crippen molar-refractivity contribution in [3.05, 3.63) is 0 Å². The first-order valence-electron chi connectivity index (χ1n) is 5.63. The second kappa shape index (κ2) is 5.44. The van der Waals surface area contributed by atoms with Crippen molar-refractivity contribution < 1.29 is 13.3 Å². The number of rotatable bonds is 5. The summed E-state index contributed by atoms with van der Waals surface area (Å²) in [6.45, 7) is 13.8. The highest BCUT2D eigenvalue weighted by Gasteiger charge is 2.36. The monoisotopic (exact) mass is 263 g/mol. The van der Waals surface area contributed by atoms with Gasteiger partial charge in [-0.1, -0.05) is 13.8 Å². The topological polar surface area (TPSA) is 61.6 Å². The number of carbonyl (C=O) groups excluding carboxylic acids is 1. The Hall–Kier alpha value is -0.176. The molecule has 0 aliphatic heterocycles. The first-order chi connectivity index (χ1) is 6.94. The average Bonchev–Trinajstić information content (AvgIpc) is 1.96. The van der Waals surface area contributed by atoms with Crippen molar-refractivity contribution in [1.29, 1.82) is 0 Å². The minimum absolute atomic E-state index is 0.0872. The number of carbonyl (C=O) groups is 1. The largest absolute Gasteiger partial charge is 0.494 e. The Bertz CT molecular complexity index is 249. The molecule has 1 atom stereocenters. The van der Waals surface area contributed by atoms with E-state index < -0.39 is 22.9 Å². The van der Waals surface area contributed by atoms with Crippen molar-refractivity contribution in [1.82, 2.24) is 0 Å². The Morgan fingerprint density at radius 2 is 1.56 bits per heavy atom. The minimum Gasteiger partial charge on any atom is -0.494 e. The van der Waals surface area contributed by atoms with E-state index in [0.29, 0.717) is 0 Å². The number of nitrogens with two attached hydrogens (primary N) is 1. The summed E-state index contributed by atoms with van der Waals surface area (Å²) < 4.78 is 11.3. The van der Waals surface area contributed by atoms with Gasteiger partial charge >= 0.3 is 14.5 Å². The minimum atomic E-state index is -2.38. The zero-order valence-corrected chi connectivity index (χ0v) is 13.5. The van der Waals surface area contributed by atoms with Gasteiger partial charge in [-0.05, 0) is 38.7 Å². The summed E-state index contributed by atoms with van der Waals surface area (Å²) in [5.41, 5.74) is 5.73. The maximum Gasteiger partial charge on any atom is 0.385 e. The average molecular weight is 263 g/mol. The highest BCUT2D eigenvalue weighted by atomic mass is 28.4. The van der Waals surface area contributed by atoms with Crippen molar-refractivity contribution in [3.8, 4) is 0 Å². The third kappa shape index (κ3) is 6.42. The zero-order chi connectivity index (χ0) is 13.1. The summed E-state index contributed by atoms with van der Waals surface area (Å²) in [7, 11) is -4.06. The van der Waals surface area contributed by atoms with E-state index in [-0.39, 0.29) is 11.9 Å². The normalized spacial score (nSPS) is 15.1. The summed E-state index contributed by atoms with van der Waals surface area (Å²) in [6.07, 6.45) is 0. The highest BCUT2D eigenvalue weighted by molar-refractivity contribution is 6.81. The predicted octanol–water partition coefficient (Wildman–Crippen LogP) is 2.07. The van der Waals surface area contributed by atoms with Crippen LogP contribution in [0.15, 0.2) is 0 Å². The molecule has 0 spiro atoms. The molecule has 0 amide bonds. The first-order valence-corrected chi connectivity index (χ1v) is 11.9. The lowest BCUT2D eigenvalue weighted by Crippen LogP contribution is -2.49. The lowest BCUT2D eigenvalue weighted by molar-refractivity contribution is -0.138. The van der Waals surface area contributed by atoms with Crippen LogP contribution in [-0.2, 0) is 13.3 Å². The molecule has 0 aromatic heterocycles. The van der Waals surface area contributed by atoms with Gasteiger partial charge in [0.2, 0.25) is 0 Å². The fourth-order valence-electron chi connectivity index (χ4n) is 1.34. The highest BCUT2D eigenvalue weighted by Crippen LogP contribution is 2.16. The van der Waals surface area contributed by atoms with Gasteiger partial charge in [0.1, 0.15) is 6.04 Å². The molecule has 96 valence electrons. The molecule has 0 aliphatic rings. The van der Waals surface area contributed by atoms with Crippen LogP contribution in [0.5, 0.6) is 0 Å². The smallest absolute Gasteiger partial charge is 0.385 e. The van der Waals surface area contributed by atoms with Gasteiger partial charge in [-0.15, -0.1) is 0 Å².